The first-order valence-corrected chi connectivity index (χ1v) is 12.1. The predicted octanol–water partition coefficient (Wildman–Crippen LogP) is 3.31. The fourth-order valence-corrected chi connectivity index (χ4v) is 4.63. The van der Waals surface area contributed by atoms with Gasteiger partial charge in [0.25, 0.3) is 0 Å². The van der Waals surface area contributed by atoms with Gasteiger partial charge in [-0.2, -0.15) is 17.5 Å². The molecule has 0 unspecified atom stereocenters. The number of anilines is 1. The van der Waals surface area contributed by atoms with E-state index in [2.05, 4.69) is 4.98 Å². The van der Waals surface area contributed by atoms with Crippen molar-refractivity contribution in [2.24, 2.45) is 5.73 Å². The fraction of sp³-hybridized carbons (Fsp3) is 0.182. The first-order chi connectivity index (χ1) is 17.6. The van der Waals surface area contributed by atoms with Gasteiger partial charge in [0.2, 0.25) is 16.0 Å². The molecule has 3 rings (SSSR count). The zero-order valence-electron chi connectivity index (χ0n) is 19.5. The highest BCUT2D eigenvalue weighted by Crippen LogP contribution is 2.30. The maximum Gasteiger partial charge on any atom is 0.490 e. The molecular weight excluding hydrogens is 555 g/mol. The lowest BCUT2D eigenvalue weighted by Gasteiger charge is -2.22. The maximum absolute atomic E-state index is 13.3. The Kier molecular flexibility index (Phi) is 9.61. The SMILES string of the molecule is Cc1ccccc1CN(CC(=O)O)S(=O)(=O)c1ccc2c(N(Cl)C(=N)N)cncc2c1.O=C(O)C(F)(F)F. The number of benzene rings is 2. The molecule has 3 aromatic rings. The van der Waals surface area contributed by atoms with E-state index in [1.165, 1.54) is 30.6 Å². The third-order valence-electron chi connectivity index (χ3n) is 4.93. The van der Waals surface area contributed by atoms with Crippen molar-refractivity contribution >= 4 is 56.2 Å². The van der Waals surface area contributed by atoms with Gasteiger partial charge in [-0.25, -0.2) is 17.6 Å². The number of fused-ring (bicyclic) bond motifs is 1. The fourth-order valence-electron chi connectivity index (χ4n) is 3.09. The van der Waals surface area contributed by atoms with Crippen molar-refractivity contribution in [3.8, 4) is 0 Å². The minimum absolute atomic E-state index is 0.0854. The van der Waals surface area contributed by atoms with E-state index in [1.807, 2.05) is 19.1 Å². The van der Waals surface area contributed by atoms with Gasteiger partial charge in [-0.05, 0) is 30.2 Å². The first kappa shape index (κ1) is 30.3. The number of carboxylic acid groups (broad SMARTS) is 2. The lowest BCUT2D eigenvalue weighted by molar-refractivity contribution is -0.192. The van der Waals surface area contributed by atoms with Gasteiger partial charge in [-0.1, -0.05) is 30.3 Å². The minimum atomic E-state index is -5.08. The monoisotopic (exact) mass is 575 g/mol. The Bertz CT molecular complexity index is 1470. The molecule has 11 nitrogen and oxygen atoms in total. The minimum Gasteiger partial charge on any atom is -0.480 e. The zero-order chi connectivity index (χ0) is 28.8. The quantitative estimate of drug-likeness (QED) is 0.187. The van der Waals surface area contributed by atoms with E-state index < -0.39 is 40.6 Å². The number of nitrogens with two attached hydrogens (primary N) is 1. The third kappa shape index (κ3) is 7.53. The van der Waals surface area contributed by atoms with Crippen LogP contribution >= 0.6 is 11.8 Å². The van der Waals surface area contributed by atoms with Crippen molar-refractivity contribution in [1.29, 1.82) is 5.41 Å². The number of nitrogens with zero attached hydrogens (tertiary/aromatic N) is 3. The number of alkyl halides is 3. The molecule has 1 aromatic heterocycles. The Morgan fingerprint density at radius 2 is 1.74 bits per heavy atom. The number of sulfonamides is 1. The number of aromatic nitrogens is 1. The summed E-state index contributed by atoms with van der Waals surface area (Å²) in [5.41, 5.74) is 7.30. The van der Waals surface area contributed by atoms with E-state index in [4.69, 9.17) is 32.8 Å². The molecule has 0 amide bonds. The van der Waals surface area contributed by atoms with Crippen molar-refractivity contribution in [1.82, 2.24) is 9.29 Å². The molecule has 38 heavy (non-hydrogen) atoms. The number of pyridine rings is 1. The third-order valence-corrected chi connectivity index (χ3v) is 7.08. The molecule has 0 saturated heterocycles. The summed E-state index contributed by atoms with van der Waals surface area (Å²) in [7, 11) is -4.14. The molecule has 0 bridgehead atoms. The number of hydrogen-bond acceptors (Lipinski definition) is 6. The highest BCUT2D eigenvalue weighted by atomic mass is 35.5. The van der Waals surface area contributed by atoms with Gasteiger partial charge in [0.1, 0.15) is 6.54 Å². The standard InChI is InChI=1S/C20H20ClN5O4S.C2HF3O2/c1-13-4-2-3-5-14(13)11-25(12-19(27)28)31(29,30)16-6-7-17-15(8-16)9-24-10-18(17)26(21)20(22)23;3-2(4,5)1(6)7/h2-10H,11-12H2,1H3,(H3,22,23)(H,27,28);(H,6,7). The van der Waals surface area contributed by atoms with E-state index in [0.29, 0.717) is 22.0 Å². The topological polar surface area (TPSA) is 178 Å². The average Bonchev–Trinajstić information content (AvgIpc) is 2.83. The highest BCUT2D eigenvalue weighted by Gasteiger charge is 2.38. The molecule has 204 valence electrons. The van der Waals surface area contributed by atoms with Crippen LogP contribution in [0.15, 0.2) is 59.8 Å². The summed E-state index contributed by atoms with van der Waals surface area (Å²) in [5.74, 6) is -4.44. The molecule has 5 N–H and O–H groups in total. The Balaban J connectivity index is 0.000000638. The smallest absolute Gasteiger partial charge is 0.480 e. The summed E-state index contributed by atoms with van der Waals surface area (Å²) in [4.78, 5) is 24.2. The number of hydrogen-bond donors (Lipinski definition) is 4. The number of nitrogens with one attached hydrogen (secondary N) is 1. The zero-order valence-corrected chi connectivity index (χ0v) is 21.0. The molecule has 0 atom stereocenters. The molecule has 16 heteroatoms. The molecule has 0 spiro atoms. The lowest BCUT2D eigenvalue weighted by atomic mass is 10.1. The van der Waals surface area contributed by atoms with Crippen LogP contribution in [-0.2, 0) is 26.2 Å². The summed E-state index contributed by atoms with van der Waals surface area (Å²) >= 11 is 6.01. The van der Waals surface area contributed by atoms with Crippen molar-refractivity contribution in [2.75, 3.05) is 11.0 Å². The highest BCUT2D eigenvalue weighted by molar-refractivity contribution is 7.89. The van der Waals surface area contributed by atoms with Crippen LogP contribution in [-0.4, -0.2) is 58.5 Å². The Morgan fingerprint density at radius 3 is 2.26 bits per heavy atom. The number of guanidine groups is 1. The summed E-state index contributed by atoms with van der Waals surface area (Å²) < 4.78 is 60.2. The van der Waals surface area contributed by atoms with E-state index >= 15 is 0 Å². The molecular formula is C22H21ClF3N5O6S. The number of halogens is 4. The van der Waals surface area contributed by atoms with Gasteiger partial charge < -0.3 is 15.9 Å². The van der Waals surface area contributed by atoms with E-state index in [-0.39, 0.29) is 11.4 Å². The van der Waals surface area contributed by atoms with Crippen LogP contribution in [0.4, 0.5) is 18.9 Å². The van der Waals surface area contributed by atoms with E-state index in [0.717, 1.165) is 14.3 Å². The van der Waals surface area contributed by atoms with Gasteiger partial charge in [-0.15, -0.1) is 0 Å². The Hall–Kier alpha value is -3.95. The number of carbonyl (C=O) groups is 2. The van der Waals surface area contributed by atoms with Crippen LogP contribution in [0.1, 0.15) is 11.1 Å². The summed E-state index contributed by atoms with van der Waals surface area (Å²) in [6, 6.07) is 11.4. The van der Waals surface area contributed by atoms with Gasteiger partial charge >= 0.3 is 18.1 Å². The molecule has 0 aliphatic heterocycles. The molecule has 0 radical (unpaired) electrons. The maximum atomic E-state index is 13.3. The largest absolute Gasteiger partial charge is 0.490 e. The van der Waals surface area contributed by atoms with Crippen molar-refractivity contribution in [3.05, 3.63) is 66.0 Å². The second-order valence-electron chi connectivity index (χ2n) is 7.60. The molecule has 1 heterocycles. The molecule has 0 aliphatic carbocycles. The van der Waals surface area contributed by atoms with Crippen molar-refractivity contribution < 1.29 is 41.4 Å². The second-order valence-corrected chi connectivity index (χ2v) is 9.88. The number of aryl methyl sites for hydroxylation is 1. The van der Waals surface area contributed by atoms with Gasteiger partial charge in [-0.3, -0.25) is 15.2 Å². The van der Waals surface area contributed by atoms with Crippen LogP contribution in [0.3, 0.4) is 0 Å². The molecule has 2 aromatic carbocycles. The van der Waals surface area contributed by atoms with Crippen LogP contribution in [0.2, 0.25) is 0 Å². The van der Waals surface area contributed by atoms with Gasteiger partial charge in [0.15, 0.2) is 0 Å². The average molecular weight is 576 g/mol. The van der Waals surface area contributed by atoms with Crippen LogP contribution in [0.5, 0.6) is 0 Å². The van der Waals surface area contributed by atoms with Crippen LogP contribution in [0.25, 0.3) is 10.8 Å². The van der Waals surface area contributed by atoms with Crippen LogP contribution < -0.4 is 10.2 Å². The normalized spacial score (nSPS) is 11.5. The molecule has 0 fully saturated rings. The van der Waals surface area contributed by atoms with Gasteiger partial charge in [0.05, 0.1) is 16.8 Å². The second kappa shape index (κ2) is 12.1. The van der Waals surface area contributed by atoms with Crippen molar-refractivity contribution in [3.63, 3.8) is 0 Å². The molecule has 0 aliphatic rings. The van der Waals surface area contributed by atoms with E-state index in [1.54, 1.807) is 12.1 Å². The lowest BCUT2D eigenvalue weighted by Crippen LogP contribution is -2.35. The summed E-state index contributed by atoms with van der Waals surface area (Å²) in [6.45, 7) is 1.06. The van der Waals surface area contributed by atoms with E-state index in [9.17, 15) is 31.5 Å². The summed E-state index contributed by atoms with van der Waals surface area (Å²) in [5, 5.41) is 24.9. The number of rotatable bonds is 7. The number of aliphatic carboxylic acids is 2. The first-order valence-electron chi connectivity index (χ1n) is 10.3. The Morgan fingerprint density at radius 1 is 1.13 bits per heavy atom. The van der Waals surface area contributed by atoms with Crippen molar-refractivity contribution in [2.45, 2.75) is 24.5 Å². The van der Waals surface area contributed by atoms with Gasteiger partial charge in [0, 0.05) is 35.3 Å². The predicted molar refractivity (Wildman–Crippen MR) is 132 cm³/mol. The number of carboxylic acids is 2. The summed E-state index contributed by atoms with van der Waals surface area (Å²) in [6.07, 6.45) is -2.23. The Labute approximate surface area is 219 Å². The van der Waals surface area contributed by atoms with Crippen LogP contribution in [0, 0.1) is 12.3 Å². The molecule has 0 saturated carbocycles.